The van der Waals surface area contributed by atoms with Gasteiger partial charge in [-0.25, -0.2) is 8.78 Å². The number of halogens is 3. The van der Waals surface area contributed by atoms with Crippen molar-refractivity contribution in [3.8, 4) is 0 Å². The number of carbonyl (C=O) groups excluding carboxylic acids is 1. The van der Waals surface area contributed by atoms with Crippen molar-refractivity contribution in [2.45, 2.75) is 0 Å². The zero-order valence-electron chi connectivity index (χ0n) is 9.58. The Hall–Kier alpha value is -2.14. The molecular formula is C13H9ClF2N2O. The van der Waals surface area contributed by atoms with Crippen molar-refractivity contribution in [3.63, 3.8) is 0 Å². The lowest BCUT2D eigenvalue weighted by Gasteiger charge is -2.07. The van der Waals surface area contributed by atoms with Crippen LogP contribution in [0.25, 0.3) is 0 Å². The fourth-order valence-electron chi connectivity index (χ4n) is 1.46. The van der Waals surface area contributed by atoms with Crippen LogP contribution in [0, 0.1) is 11.6 Å². The molecule has 0 radical (unpaired) electrons. The van der Waals surface area contributed by atoms with E-state index in [4.69, 9.17) is 17.3 Å². The van der Waals surface area contributed by atoms with E-state index in [1.807, 2.05) is 0 Å². The second kappa shape index (κ2) is 5.24. The largest absolute Gasteiger partial charge is 0.399 e. The van der Waals surface area contributed by atoms with E-state index in [1.165, 1.54) is 24.3 Å². The standard InChI is InChI=1S/C13H9ClF2N2O/c14-9-3-1-7(5-10(9)15)13(19)18-12-4-2-8(17)6-11(12)16/h1-6H,17H2,(H,18,19). The summed E-state index contributed by atoms with van der Waals surface area (Å²) in [6.07, 6.45) is 0. The second-order valence-electron chi connectivity index (χ2n) is 3.82. The smallest absolute Gasteiger partial charge is 0.255 e. The van der Waals surface area contributed by atoms with Gasteiger partial charge in [0.25, 0.3) is 5.91 Å². The first kappa shape index (κ1) is 13.3. The Morgan fingerprint density at radius 3 is 2.47 bits per heavy atom. The molecular weight excluding hydrogens is 274 g/mol. The number of hydrogen-bond acceptors (Lipinski definition) is 2. The molecule has 0 aliphatic rings. The lowest BCUT2D eigenvalue weighted by Crippen LogP contribution is -2.13. The average Bonchev–Trinajstić information content (AvgIpc) is 2.36. The third-order valence-electron chi connectivity index (χ3n) is 2.42. The predicted octanol–water partition coefficient (Wildman–Crippen LogP) is 3.45. The summed E-state index contributed by atoms with van der Waals surface area (Å²) in [5.74, 6) is -2.02. The van der Waals surface area contributed by atoms with Crippen molar-refractivity contribution >= 4 is 28.9 Å². The summed E-state index contributed by atoms with van der Waals surface area (Å²) < 4.78 is 26.7. The summed E-state index contributed by atoms with van der Waals surface area (Å²) in [6.45, 7) is 0. The molecule has 0 saturated carbocycles. The van der Waals surface area contributed by atoms with Gasteiger partial charge in [0.15, 0.2) is 0 Å². The lowest BCUT2D eigenvalue weighted by molar-refractivity contribution is 0.102. The highest BCUT2D eigenvalue weighted by atomic mass is 35.5. The van der Waals surface area contributed by atoms with E-state index in [0.717, 1.165) is 12.1 Å². The minimum Gasteiger partial charge on any atom is -0.399 e. The van der Waals surface area contributed by atoms with Crippen molar-refractivity contribution in [1.29, 1.82) is 0 Å². The summed E-state index contributed by atoms with van der Waals surface area (Å²) in [4.78, 5) is 11.8. The van der Waals surface area contributed by atoms with Crippen molar-refractivity contribution < 1.29 is 13.6 Å². The van der Waals surface area contributed by atoms with Gasteiger partial charge in [0.2, 0.25) is 0 Å². The number of carbonyl (C=O) groups is 1. The Bertz CT molecular complexity index is 647. The minimum atomic E-state index is -0.716. The Labute approximate surface area is 113 Å². The summed E-state index contributed by atoms with van der Waals surface area (Å²) in [5.41, 5.74) is 5.64. The molecule has 3 N–H and O–H groups in total. The summed E-state index contributed by atoms with van der Waals surface area (Å²) in [6, 6.07) is 7.43. The molecule has 2 rings (SSSR count). The molecule has 0 aromatic heterocycles. The van der Waals surface area contributed by atoms with Crippen LogP contribution in [0.3, 0.4) is 0 Å². The molecule has 0 spiro atoms. The molecule has 1 amide bonds. The van der Waals surface area contributed by atoms with Crippen LogP contribution in [0.15, 0.2) is 36.4 Å². The maximum atomic E-state index is 13.5. The zero-order valence-corrected chi connectivity index (χ0v) is 10.3. The maximum Gasteiger partial charge on any atom is 0.255 e. The quantitative estimate of drug-likeness (QED) is 0.829. The fraction of sp³-hybridized carbons (Fsp3) is 0. The minimum absolute atomic E-state index is 0.0328. The van der Waals surface area contributed by atoms with Gasteiger partial charge < -0.3 is 11.1 Å². The fourth-order valence-corrected chi connectivity index (χ4v) is 1.58. The number of rotatable bonds is 2. The van der Waals surface area contributed by atoms with E-state index in [0.29, 0.717) is 0 Å². The molecule has 6 heteroatoms. The summed E-state index contributed by atoms with van der Waals surface area (Å²) in [7, 11) is 0. The molecule has 3 nitrogen and oxygen atoms in total. The van der Waals surface area contributed by atoms with Crippen molar-refractivity contribution in [1.82, 2.24) is 0 Å². The second-order valence-corrected chi connectivity index (χ2v) is 4.23. The molecule has 0 aliphatic heterocycles. The van der Waals surface area contributed by atoms with E-state index in [-0.39, 0.29) is 22.0 Å². The van der Waals surface area contributed by atoms with Gasteiger partial charge in [0.05, 0.1) is 10.7 Å². The van der Waals surface area contributed by atoms with Crippen molar-refractivity contribution in [2.24, 2.45) is 0 Å². The number of nitrogen functional groups attached to an aromatic ring is 1. The van der Waals surface area contributed by atoms with Crippen molar-refractivity contribution in [2.75, 3.05) is 11.1 Å². The molecule has 0 atom stereocenters. The number of amides is 1. The van der Waals surface area contributed by atoms with Crippen LogP contribution < -0.4 is 11.1 Å². The molecule has 2 aromatic rings. The maximum absolute atomic E-state index is 13.5. The highest BCUT2D eigenvalue weighted by Crippen LogP contribution is 2.19. The highest BCUT2D eigenvalue weighted by Gasteiger charge is 2.11. The topological polar surface area (TPSA) is 55.1 Å². The molecule has 0 aliphatic carbocycles. The van der Waals surface area contributed by atoms with Gasteiger partial charge >= 0.3 is 0 Å². The molecule has 2 aromatic carbocycles. The van der Waals surface area contributed by atoms with Gasteiger partial charge in [-0.15, -0.1) is 0 Å². The molecule has 0 saturated heterocycles. The third kappa shape index (κ3) is 3.00. The molecule has 0 unspecified atom stereocenters. The zero-order chi connectivity index (χ0) is 14.0. The summed E-state index contributed by atoms with van der Waals surface area (Å²) >= 11 is 5.51. The Morgan fingerprint density at radius 2 is 1.84 bits per heavy atom. The number of hydrogen-bond donors (Lipinski definition) is 2. The van der Waals surface area contributed by atoms with Crippen LogP contribution in [0.2, 0.25) is 5.02 Å². The number of anilines is 2. The molecule has 19 heavy (non-hydrogen) atoms. The van der Waals surface area contributed by atoms with E-state index in [1.54, 1.807) is 0 Å². The van der Waals surface area contributed by atoms with E-state index in [2.05, 4.69) is 5.32 Å². The van der Waals surface area contributed by atoms with E-state index < -0.39 is 17.5 Å². The Morgan fingerprint density at radius 1 is 1.11 bits per heavy atom. The van der Waals surface area contributed by atoms with E-state index in [9.17, 15) is 13.6 Å². The first-order chi connectivity index (χ1) is 8.97. The van der Waals surface area contributed by atoms with Crippen LogP contribution in [-0.2, 0) is 0 Å². The van der Waals surface area contributed by atoms with Gasteiger partial charge in [-0.3, -0.25) is 4.79 Å². The molecule has 0 heterocycles. The van der Waals surface area contributed by atoms with Gasteiger partial charge in [-0.05, 0) is 36.4 Å². The van der Waals surface area contributed by atoms with Gasteiger partial charge in [0, 0.05) is 11.3 Å². The lowest BCUT2D eigenvalue weighted by atomic mass is 10.2. The van der Waals surface area contributed by atoms with Crippen LogP contribution in [0.1, 0.15) is 10.4 Å². The van der Waals surface area contributed by atoms with Crippen LogP contribution in [-0.4, -0.2) is 5.91 Å². The first-order valence-corrected chi connectivity index (χ1v) is 5.66. The predicted molar refractivity (Wildman–Crippen MR) is 70.2 cm³/mol. The monoisotopic (exact) mass is 282 g/mol. The number of nitrogens with one attached hydrogen (secondary N) is 1. The normalized spacial score (nSPS) is 10.3. The number of nitrogens with two attached hydrogens (primary N) is 1. The van der Waals surface area contributed by atoms with Gasteiger partial charge in [0.1, 0.15) is 11.6 Å². The molecule has 0 bridgehead atoms. The highest BCUT2D eigenvalue weighted by molar-refractivity contribution is 6.30. The SMILES string of the molecule is Nc1ccc(NC(=O)c2ccc(Cl)c(F)c2)c(F)c1. The number of benzene rings is 2. The Kier molecular flexibility index (Phi) is 3.66. The first-order valence-electron chi connectivity index (χ1n) is 5.29. The van der Waals surface area contributed by atoms with Crippen LogP contribution >= 0.6 is 11.6 Å². The van der Waals surface area contributed by atoms with Crippen LogP contribution in [0.5, 0.6) is 0 Å². The van der Waals surface area contributed by atoms with Gasteiger partial charge in [-0.2, -0.15) is 0 Å². The molecule has 98 valence electrons. The van der Waals surface area contributed by atoms with E-state index >= 15 is 0 Å². The Balaban J connectivity index is 2.23. The third-order valence-corrected chi connectivity index (χ3v) is 2.73. The van der Waals surface area contributed by atoms with Crippen LogP contribution in [0.4, 0.5) is 20.2 Å². The average molecular weight is 283 g/mol. The van der Waals surface area contributed by atoms with Gasteiger partial charge in [-0.1, -0.05) is 11.6 Å². The molecule has 0 fully saturated rings. The van der Waals surface area contributed by atoms with Crippen molar-refractivity contribution in [3.05, 3.63) is 58.6 Å². The summed E-state index contributed by atoms with van der Waals surface area (Å²) in [5, 5.41) is 2.23.